The number of nitrogens with one attached hydrogen (secondary N) is 2. The molecule has 0 bridgehead atoms. The van der Waals surface area contributed by atoms with Crippen LogP contribution in [0.4, 0.5) is 0 Å². The number of aliphatic hydroxyl groups is 1. The second-order valence-corrected chi connectivity index (χ2v) is 16.4. The van der Waals surface area contributed by atoms with Crippen molar-refractivity contribution in [3.63, 3.8) is 0 Å². The molecule has 0 saturated carbocycles. The van der Waals surface area contributed by atoms with Crippen molar-refractivity contribution in [1.82, 2.24) is 10.6 Å². The molecule has 65 heavy (non-hydrogen) atoms. The van der Waals surface area contributed by atoms with Crippen molar-refractivity contribution in [2.75, 3.05) is 66.0 Å². The fraction of sp³-hybridized carbons (Fsp3) is 0.854. The predicted octanol–water partition coefficient (Wildman–Crippen LogP) is 5.91. The predicted molar refractivity (Wildman–Crippen MR) is 253 cm³/mol. The maximum Gasteiger partial charge on any atom is 0.326 e. The number of hydrogen-bond acceptors (Lipinski definition) is 13. The Balaban J connectivity index is -0.00000103. The summed E-state index contributed by atoms with van der Waals surface area (Å²) in [7, 11) is 0. The number of ether oxygens (including phenoxy) is 4. The molecule has 0 spiro atoms. The number of carbonyl (C=O) groups excluding carboxylic acids is 6. The van der Waals surface area contributed by atoms with Crippen molar-refractivity contribution in [1.29, 1.82) is 0 Å². The molecule has 0 rings (SSSR count). The lowest BCUT2D eigenvalue weighted by Gasteiger charge is -2.14. The Kier molecular flexibility index (Phi) is 50.8. The first-order chi connectivity index (χ1) is 31.2. The van der Waals surface area contributed by atoms with Crippen LogP contribution in [0.5, 0.6) is 0 Å². The van der Waals surface area contributed by atoms with E-state index in [2.05, 4.69) is 17.6 Å². The Labute approximate surface area is 391 Å². The molecular weight excluding hydrogens is 841 g/mol. The number of Topliss-reactive ketones (excluding diaryl/α,β-unsaturated/α-hetero) is 3. The summed E-state index contributed by atoms with van der Waals surface area (Å²) in [6, 6.07) is -1.34. The molecule has 0 fully saturated rings. The molecule has 8 N–H and O–H groups in total. The highest BCUT2D eigenvalue weighted by Gasteiger charge is 2.20. The van der Waals surface area contributed by atoms with Gasteiger partial charge in [-0.2, -0.15) is 0 Å². The van der Waals surface area contributed by atoms with Gasteiger partial charge in [-0.05, 0) is 39.0 Å². The van der Waals surface area contributed by atoms with Gasteiger partial charge < -0.3 is 51.3 Å². The van der Waals surface area contributed by atoms with Gasteiger partial charge in [-0.25, -0.2) is 4.79 Å². The van der Waals surface area contributed by atoms with E-state index in [0.29, 0.717) is 71.9 Å². The summed E-state index contributed by atoms with van der Waals surface area (Å²) in [6.07, 6.45) is 22.0. The third-order valence-corrected chi connectivity index (χ3v) is 10.2. The van der Waals surface area contributed by atoms with E-state index >= 15 is 0 Å². The van der Waals surface area contributed by atoms with Crippen LogP contribution in [0.25, 0.3) is 0 Å². The lowest BCUT2D eigenvalue weighted by molar-refractivity contribution is -0.142. The Hall–Kier alpha value is -3.35. The van der Waals surface area contributed by atoms with Crippen LogP contribution in [0.2, 0.25) is 0 Å². The number of amides is 3. The summed E-state index contributed by atoms with van der Waals surface area (Å²) in [5.41, 5.74) is 10.4. The fourth-order valence-corrected chi connectivity index (χ4v) is 5.79. The number of carbonyl (C=O) groups is 7. The number of aliphatic hydroxyl groups excluding tert-OH is 1. The van der Waals surface area contributed by atoms with Gasteiger partial charge in [-0.15, -0.1) is 0 Å². The number of rotatable bonds is 44. The molecule has 17 nitrogen and oxygen atoms in total. The largest absolute Gasteiger partial charge is 0.480 e. The number of primary amides is 1. The molecule has 0 heterocycles. The Bertz CT molecular complexity index is 1210. The quantitative estimate of drug-likeness (QED) is 0.0388. The molecule has 0 radical (unpaired) electrons. The lowest BCUT2D eigenvalue weighted by Crippen LogP contribution is -2.41. The van der Waals surface area contributed by atoms with Gasteiger partial charge >= 0.3 is 5.97 Å². The van der Waals surface area contributed by atoms with Crippen LogP contribution >= 0.6 is 0 Å². The van der Waals surface area contributed by atoms with Gasteiger partial charge in [-0.3, -0.25) is 28.8 Å². The van der Waals surface area contributed by atoms with Gasteiger partial charge in [0.15, 0.2) is 5.78 Å². The minimum absolute atomic E-state index is 0.00166. The second-order valence-electron chi connectivity index (χ2n) is 16.4. The zero-order chi connectivity index (χ0) is 49.4. The van der Waals surface area contributed by atoms with Crippen LogP contribution in [0, 0.1) is 5.92 Å². The highest BCUT2D eigenvalue weighted by atomic mass is 16.5. The first-order valence-electron chi connectivity index (χ1n) is 24.5. The van der Waals surface area contributed by atoms with Gasteiger partial charge in [0.2, 0.25) is 17.7 Å². The number of carboxylic acid groups (broad SMARTS) is 1. The summed E-state index contributed by atoms with van der Waals surface area (Å²) in [6.45, 7) is 12.0. The summed E-state index contributed by atoms with van der Waals surface area (Å²) in [5, 5.41) is 22.6. The van der Waals surface area contributed by atoms with Crippen molar-refractivity contribution in [3.8, 4) is 0 Å². The number of unbranched alkanes of at least 4 members (excludes halogenated alkanes) is 14. The number of carboxylic acids is 1. The van der Waals surface area contributed by atoms with Crippen LogP contribution in [0.1, 0.15) is 182 Å². The maximum atomic E-state index is 11.9. The smallest absolute Gasteiger partial charge is 0.326 e. The van der Waals surface area contributed by atoms with Gasteiger partial charge in [-0.1, -0.05) is 118 Å². The molecule has 0 aliphatic carbocycles. The van der Waals surface area contributed by atoms with E-state index in [9.17, 15) is 33.6 Å². The molecule has 0 aromatic carbocycles. The molecule has 0 aromatic heterocycles. The van der Waals surface area contributed by atoms with Crippen LogP contribution in [-0.4, -0.2) is 129 Å². The van der Waals surface area contributed by atoms with Crippen LogP contribution in [-0.2, 0) is 52.5 Å². The van der Waals surface area contributed by atoms with E-state index < -0.39 is 23.8 Å². The number of nitrogens with two attached hydrogens (primary N) is 2. The average molecular weight is 933 g/mol. The van der Waals surface area contributed by atoms with Gasteiger partial charge in [0, 0.05) is 38.8 Å². The summed E-state index contributed by atoms with van der Waals surface area (Å²) >= 11 is 0. The van der Waals surface area contributed by atoms with Crippen molar-refractivity contribution < 1.29 is 62.7 Å². The van der Waals surface area contributed by atoms with Crippen molar-refractivity contribution in [3.05, 3.63) is 0 Å². The van der Waals surface area contributed by atoms with Gasteiger partial charge in [0.05, 0.1) is 51.6 Å². The first kappa shape index (κ1) is 65.9. The van der Waals surface area contributed by atoms with Gasteiger partial charge in [0.25, 0.3) is 0 Å². The van der Waals surface area contributed by atoms with E-state index in [4.69, 9.17) is 40.6 Å². The highest BCUT2D eigenvalue weighted by Crippen LogP contribution is 2.13. The third kappa shape index (κ3) is 51.5. The van der Waals surface area contributed by atoms with Crippen molar-refractivity contribution >= 4 is 41.0 Å². The monoisotopic (exact) mass is 933 g/mol. The molecule has 382 valence electrons. The SMILES string of the molecule is CCCCCCCCCCCCCCCC(=O)N[C@@H](CCC(=O)CC)C(=O)O.CCCOCCOCC(=O)NCCOCCOCC(=O)CCCCC[C@H](N)C(C)=O.C[C@@H](CO)C(N)=O. The molecule has 0 unspecified atom stereocenters. The Morgan fingerprint density at radius 1 is 0.569 bits per heavy atom. The van der Waals surface area contributed by atoms with Crippen molar-refractivity contribution in [2.45, 2.75) is 194 Å². The second kappa shape index (κ2) is 50.1. The Morgan fingerprint density at radius 3 is 1.57 bits per heavy atom. The summed E-state index contributed by atoms with van der Waals surface area (Å²) < 4.78 is 21.1. The van der Waals surface area contributed by atoms with Gasteiger partial charge in [0.1, 0.15) is 30.8 Å². The number of ketones is 3. The average Bonchev–Trinajstić information content (AvgIpc) is 3.28. The van der Waals surface area contributed by atoms with E-state index in [1.165, 1.54) is 71.1 Å². The van der Waals surface area contributed by atoms with Crippen LogP contribution in [0.15, 0.2) is 0 Å². The number of hydrogen-bond donors (Lipinski definition) is 6. The summed E-state index contributed by atoms with van der Waals surface area (Å²) in [5.74, 6) is -2.26. The number of aliphatic carboxylic acids is 1. The van der Waals surface area contributed by atoms with E-state index in [1.807, 2.05) is 6.92 Å². The zero-order valence-corrected chi connectivity index (χ0v) is 41.1. The molecule has 3 amide bonds. The zero-order valence-electron chi connectivity index (χ0n) is 41.1. The molecule has 3 atom stereocenters. The molecule has 17 heteroatoms. The van der Waals surface area contributed by atoms with Crippen molar-refractivity contribution in [2.24, 2.45) is 17.4 Å². The minimum Gasteiger partial charge on any atom is -0.480 e. The van der Waals surface area contributed by atoms with Crippen LogP contribution in [0.3, 0.4) is 0 Å². The highest BCUT2D eigenvalue weighted by molar-refractivity contribution is 5.85. The van der Waals surface area contributed by atoms with E-state index in [0.717, 1.165) is 44.9 Å². The molecule has 0 aromatic rings. The molecular formula is C48H92N4O13. The van der Waals surface area contributed by atoms with E-state index in [-0.39, 0.29) is 67.9 Å². The topological polar surface area (TPSA) is 273 Å². The molecule has 0 aliphatic rings. The van der Waals surface area contributed by atoms with E-state index in [1.54, 1.807) is 13.8 Å². The third-order valence-electron chi connectivity index (χ3n) is 10.2. The first-order valence-corrected chi connectivity index (χ1v) is 24.5. The lowest BCUT2D eigenvalue weighted by atomic mass is 10.0. The molecule has 0 aliphatic heterocycles. The summed E-state index contributed by atoms with van der Waals surface area (Å²) in [4.78, 5) is 78.7. The standard InChI is InChI=1S/C23H43NO4.C21H40N2O7.C4H9NO2/c1-3-5-6-7-8-9-10-11-12-13-14-15-16-17-22(26)24-21(23(27)28)19-18-20(25)4-2;1-3-10-27-12-15-30-17-21(26)23-9-11-28-13-14-29-16-19(25)7-5-4-6-8-20(22)18(2)24;1-3(2-6)4(5)7/h21H,3-19H2,1-2H3,(H,24,26)(H,27,28);20H,3-17,22H2,1-2H3,(H,23,26);3,6H,2H2,1H3,(H2,5,7)/t21-;20-;3-/m000/s1. The normalized spacial score (nSPS) is 12.1. The van der Waals surface area contributed by atoms with Crippen LogP contribution < -0.4 is 22.1 Å². The Morgan fingerprint density at radius 2 is 1.08 bits per heavy atom. The maximum absolute atomic E-state index is 11.9. The minimum atomic E-state index is -1.07. The molecule has 0 saturated heterocycles. The fourth-order valence-electron chi connectivity index (χ4n) is 5.79.